The van der Waals surface area contributed by atoms with Gasteiger partial charge in [0, 0.05) is 41.2 Å². The molecule has 0 radical (unpaired) electrons. The van der Waals surface area contributed by atoms with Crippen molar-refractivity contribution in [2.45, 2.75) is 37.6 Å². The molecule has 11 heteroatoms. The average Bonchev–Trinajstić information content (AvgIpc) is 3.05. The van der Waals surface area contributed by atoms with Crippen molar-refractivity contribution in [2.75, 3.05) is 54.0 Å². The van der Waals surface area contributed by atoms with Crippen LogP contribution in [0.2, 0.25) is 0 Å². The fourth-order valence-corrected chi connectivity index (χ4v) is 8.02. The third-order valence-corrected chi connectivity index (χ3v) is 11.3. The van der Waals surface area contributed by atoms with E-state index in [2.05, 4.69) is 99.5 Å². The second-order valence-corrected chi connectivity index (χ2v) is 19.2. The molecule has 1 aliphatic heterocycles. The normalized spacial score (nSPS) is 23.1. The standard InChI is InChI=1S/C24H24P2.C10H20N2O4.2ClH.Ru/c1-25(2)21-15-13-17-9-5-7-11-19(17)23(21)24-20-12-8-6-10-18(20)14-16-22(24)26(3)4;1-9(13-3)10(2,14-4)16-8(6-12)7(5-11)15-9;;;/h5-16H,1-4H3;7-8,11-12H,5-6H2,1-4H3;2*1H;/q;-2;;;+4/t;7-,8+,9-,10-;;;/m.1.../s1. The third-order valence-electron chi connectivity index (χ3n) is 8.36. The summed E-state index contributed by atoms with van der Waals surface area (Å²) in [6, 6.07) is 27.1. The average molecular weight is 781 g/mol. The van der Waals surface area contributed by atoms with E-state index in [1.807, 2.05) is 0 Å². The molecule has 0 unspecified atom stereocenters. The molecule has 45 heavy (non-hydrogen) atoms. The van der Waals surface area contributed by atoms with Gasteiger partial charge in [-0.1, -0.05) is 60.7 Å². The maximum absolute atomic E-state index is 7.38. The number of rotatable bonds is 7. The summed E-state index contributed by atoms with van der Waals surface area (Å²) < 4.78 is 22.0. The number of methoxy groups -OCH3 is 2. The molecule has 1 aliphatic rings. The van der Waals surface area contributed by atoms with Crippen LogP contribution in [0.3, 0.4) is 0 Å². The first-order valence-corrected chi connectivity index (χ1v) is 24.2. The third kappa shape index (κ3) is 8.64. The molecule has 0 amide bonds. The van der Waals surface area contributed by atoms with Gasteiger partial charge in [0.05, 0.1) is 49.5 Å². The number of hydrogen-bond acceptors (Lipinski definition) is 4. The van der Waals surface area contributed by atoms with Gasteiger partial charge in [-0.3, -0.25) is 0 Å². The summed E-state index contributed by atoms with van der Waals surface area (Å²) in [6.07, 6.45) is -0.934. The molecule has 1 heterocycles. The first kappa shape index (κ1) is 38.7. The Bertz CT molecular complexity index is 1440. The number of halogens is 2. The zero-order valence-corrected chi connectivity index (χ0v) is 32.5. The molecule has 1 saturated heterocycles. The zero-order valence-electron chi connectivity index (χ0n) is 27.2. The molecule has 4 atom stereocenters. The van der Waals surface area contributed by atoms with Crippen molar-refractivity contribution in [3.63, 3.8) is 0 Å². The van der Waals surface area contributed by atoms with Crippen LogP contribution >= 0.6 is 35.2 Å². The Morgan fingerprint density at radius 3 is 1.29 bits per heavy atom. The molecule has 6 nitrogen and oxygen atoms in total. The van der Waals surface area contributed by atoms with Gasteiger partial charge in [0.15, 0.2) is 0 Å². The van der Waals surface area contributed by atoms with E-state index in [0.29, 0.717) is 0 Å². The Morgan fingerprint density at radius 2 is 1.00 bits per heavy atom. The quantitative estimate of drug-likeness (QED) is 0.139. The Labute approximate surface area is 287 Å². The van der Waals surface area contributed by atoms with Gasteiger partial charge < -0.3 is 30.4 Å². The fourth-order valence-electron chi connectivity index (χ4n) is 5.67. The fraction of sp³-hybridized carbons (Fsp3) is 0.412. The Kier molecular flexibility index (Phi) is 15.1. The minimum atomic E-state index is -1.07. The molecule has 0 saturated carbocycles. The van der Waals surface area contributed by atoms with Gasteiger partial charge in [0.1, 0.15) is 0 Å². The van der Waals surface area contributed by atoms with Gasteiger partial charge in [-0.15, -0.1) is 13.1 Å². The van der Waals surface area contributed by atoms with Crippen molar-refractivity contribution in [3.05, 3.63) is 84.3 Å². The summed E-state index contributed by atoms with van der Waals surface area (Å²) in [5, 5.41) is 8.59. The van der Waals surface area contributed by atoms with E-state index in [1.54, 1.807) is 24.5 Å². The molecule has 4 aromatic carbocycles. The van der Waals surface area contributed by atoms with Crippen LogP contribution in [0.4, 0.5) is 0 Å². The number of ether oxygens (including phenoxy) is 4. The van der Waals surface area contributed by atoms with Crippen molar-refractivity contribution in [3.8, 4) is 11.1 Å². The van der Waals surface area contributed by atoms with Gasteiger partial charge >= 0.3 is 34.5 Å². The topological polar surface area (TPSA) is 84.5 Å². The first-order chi connectivity index (χ1) is 21.4. The monoisotopic (exact) mass is 780 g/mol. The summed E-state index contributed by atoms with van der Waals surface area (Å²) in [5.41, 5.74) is 17.7. The maximum atomic E-state index is 7.38. The summed E-state index contributed by atoms with van der Waals surface area (Å²) in [7, 11) is 11.6. The molecule has 0 bridgehead atoms. The van der Waals surface area contributed by atoms with E-state index in [1.165, 1.54) is 46.9 Å². The summed E-state index contributed by atoms with van der Waals surface area (Å²) in [5.74, 6) is -2.14. The summed E-state index contributed by atoms with van der Waals surface area (Å²) in [6.45, 7) is 13.1. The van der Waals surface area contributed by atoms with Crippen LogP contribution in [0.25, 0.3) is 44.1 Å². The minimum absolute atomic E-state index is 0.0301. The molecule has 246 valence electrons. The van der Waals surface area contributed by atoms with E-state index >= 15 is 0 Å². The predicted octanol–water partition coefficient (Wildman–Crippen LogP) is 8.83. The molecular weight excluding hydrogens is 734 g/mol. The van der Waals surface area contributed by atoms with Crippen molar-refractivity contribution in [1.82, 2.24) is 0 Å². The van der Waals surface area contributed by atoms with Crippen LogP contribution in [0, 0.1) is 0 Å². The predicted molar refractivity (Wildman–Crippen MR) is 197 cm³/mol. The second kappa shape index (κ2) is 17.6. The molecular formula is C34H46Cl2N2O4P2Ru+2. The Hall–Kier alpha value is -0.777. The number of fused-ring (bicyclic) bond motifs is 2. The van der Waals surface area contributed by atoms with E-state index in [0.717, 1.165) is 0 Å². The SMILES string of the molecule is CO[C@]1(C)O[C@@H](C[NH-])[C@@H](C[NH-])O[C@@]1(C)OC.C[PH+](C)c1ccc2ccccc2c1-c1c([PH+](C)C)ccc2ccccc12.[Cl][Ru+2][Cl]. The van der Waals surface area contributed by atoms with Crippen LogP contribution in [0.1, 0.15) is 13.8 Å². The van der Waals surface area contributed by atoms with Gasteiger partial charge in [-0.05, 0) is 47.5 Å². The number of hydrogen-bond donors (Lipinski definition) is 0. The van der Waals surface area contributed by atoms with Crippen molar-refractivity contribution < 1.29 is 34.1 Å². The molecule has 0 aromatic heterocycles. The van der Waals surface area contributed by atoms with Gasteiger partial charge in [0.2, 0.25) is 11.6 Å². The van der Waals surface area contributed by atoms with Crippen LogP contribution in [0.15, 0.2) is 72.8 Å². The summed E-state index contributed by atoms with van der Waals surface area (Å²) >= 11 is -0.346. The Balaban J connectivity index is 0.000000250. The van der Waals surface area contributed by atoms with Crippen LogP contribution < -0.4 is 10.6 Å². The first-order valence-electron chi connectivity index (χ1n) is 14.7. The second-order valence-electron chi connectivity index (χ2n) is 11.5. The molecule has 5 rings (SSSR count). The van der Waals surface area contributed by atoms with Crippen molar-refractivity contribution >= 4 is 67.4 Å². The van der Waals surface area contributed by atoms with E-state index in [9.17, 15) is 0 Å². The van der Waals surface area contributed by atoms with E-state index in [-0.39, 0.29) is 28.2 Å². The van der Waals surface area contributed by atoms with E-state index in [4.69, 9.17) is 49.8 Å². The summed E-state index contributed by atoms with van der Waals surface area (Å²) in [4.78, 5) is 0. The molecule has 4 aromatic rings. The molecule has 1 fully saturated rings. The van der Waals surface area contributed by atoms with Gasteiger partial charge in [0.25, 0.3) is 0 Å². The van der Waals surface area contributed by atoms with Crippen molar-refractivity contribution in [1.29, 1.82) is 0 Å². The number of benzene rings is 4. The van der Waals surface area contributed by atoms with E-state index < -0.39 is 39.6 Å². The van der Waals surface area contributed by atoms with Gasteiger partial charge in [-0.25, -0.2) is 0 Å². The molecule has 2 N–H and O–H groups in total. The van der Waals surface area contributed by atoms with Crippen LogP contribution in [0.5, 0.6) is 0 Å². The van der Waals surface area contributed by atoms with Gasteiger partial charge in [-0.2, -0.15) is 0 Å². The number of nitrogens with one attached hydrogen (secondary N) is 2. The van der Waals surface area contributed by atoms with Crippen LogP contribution in [-0.2, 0) is 34.1 Å². The zero-order chi connectivity index (χ0) is 33.4. The van der Waals surface area contributed by atoms with Crippen LogP contribution in [-0.4, -0.2) is 77.8 Å². The molecule has 0 aliphatic carbocycles. The Morgan fingerprint density at radius 1 is 0.667 bits per heavy atom. The molecule has 0 spiro atoms. The van der Waals surface area contributed by atoms with Crippen molar-refractivity contribution in [2.24, 2.45) is 0 Å².